The molecule has 1 heterocycles. The van der Waals surface area contributed by atoms with Crippen LogP contribution in [-0.2, 0) is 13.0 Å². The molecule has 4 nitrogen and oxygen atoms in total. The third-order valence-electron chi connectivity index (χ3n) is 5.53. The highest BCUT2D eigenvalue weighted by Gasteiger charge is 2.35. The Kier molecular flexibility index (Phi) is 6.92. The van der Waals surface area contributed by atoms with E-state index in [9.17, 15) is 9.50 Å². The van der Waals surface area contributed by atoms with Crippen molar-refractivity contribution < 1.29 is 19.0 Å². The van der Waals surface area contributed by atoms with E-state index in [0.717, 1.165) is 49.5 Å². The average molecular weight is 387 g/mol. The van der Waals surface area contributed by atoms with Crippen LogP contribution in [-0.4, -0.2) is 43.4 Å². The molecule has 3 rings (SSSR count). The molecule has 1 saturated heterocycles. The molecule has 1 aliphatic heterocycles. The fourth-order valence-electron chi connectivity index (χ4n) is 4.17. The first kappa shape index (κ1) is 20.6. The van der Waals surface area contributed by atoms with E-state index in [4.69, 9.17) is 9.47 Å². The molecule has 152 valence electrons. The van der Waals surface area contributed by atoms with Gasteiger partial charge in [-0.25, -0.2) is 4.39 Å². The monoisotopic (exact) mass is 387 g/mol. The van der Waals surface area contributed by atoms with E-state index in [2.05, 4.69) is 4.90 Å². The third-order valence-corrected chi connectivity index (χ3v) is 5.53. The minimum absolute atomic E-state index is 0.0602. The number of likely N-dealkylation sites (tertiary alicyclic amines) is 1. The summed E-state index contributed by atoms with van der Waals surface area (Å²) in [6.45, 7) is 5.07. The Morgan fingerprint density at radius 1 is 1.18 bits per heavy atom. The minimum Gasteiger partial charge on any atom is -0.493 e. The number of hydrogen-bond donors (Lipinski definition) is 1. The van der Waals surface area contributed by atoms with Gasteiger partial charge in [0.1, 0.15) is 5.82 Å². The molecule has 0 amide bonds. The first-order valence-electron chi connectivity index (χ1n) is 9.95. The van der Waals surface area contributed by atoms with Crippen molar-refractivity contribution in [2.45, 2.75) is 32.7 Å². The van der Waals surface area contributed by atoms with Gasteiger partial charge >= 0.3 is 0 Å². The van der Waals surface area contributed by atoms with Crippen LogP contribution in [0.25, 0.3) is 0 Å². The van der Waals surface area contributed by atoms with Gasteiger partial charge in [-0.1, -0.05) is 24.3 Å². The molecule has 0 aliphatic carbocycles. The molecule has 1 N–H and O–H groups in total. The van der Waals surface area contributed by atoms with Gasteiger partial charge in [0.05, 0.1) is 20.3 Å². The zero-order valence-corrected chi connectivity index (χ0v) is 16.8. The summed E-state index contributed by atoms with van der Waals surface area (Å²) in [5.41, 5.74) is 1.51. The molecule has 0 aromatic heterocycles. The van der Waals surface area contributed by atoms with Gasteiger partial charge in [0.2, 0.25) is 0 Å². The van der Waals surface area contributed by atoms with Gasteiger partial charge in [-0.15, -0.1) is 0 Å². The maximum atomic E-state index is 14.2. The van der Waals surface area contributed by atoms with E-state index < -0.39 is 0 Å². The Hall–Kier alpha value is -2.11. The molecular weight excluding hydrogens is 357 g/mol. The van der Waals surface area contributed by atoms with Gasteiger partial charge in [-0.2, -0.15) is 0 Å². The summed E-state index contributed by atoms with van der Waals surface area (Å²) in [6, 6.07) is 12.9. The van der Waals surface area contributed by atoms with E-state index in [-0.39, 0.29) is 17.8 Å². The van der Waals surface area contributed by atoms with Gasteiger partial charge in [0.15, 0.2) is 11.5 Å². The molecule has 2 aromatic carbocycles. The van der Waals surface area contributed by atoms with Crippen LogP contribution in [0.15, 0.2) is 42.5 Å². The maximum absolute atomic E-state index is 14.2. The van der Waals surface area contributed by atoms with Crippen molar-refractivity contribution >= 4 is 0 Å². The zero-order chi connectivity index (χ0) is 20.0. The number of aliphatic hydroxyl groups excluding tert-OH is 1. The lowest BCUT2D eigenvalue weighted by molar-refractivity contribution is 0.0282. The molecule has 1 unspecified atom stereocenters. The number of halogens is 1. The number of piperidine rings is 1. The van der Waals surface area contributed by atoms with Crippen molar-refractivity contribution in [2.75, 3.05) is 33.4 Å². The molecule has 0 spiro atoms. The number of ether oxygens (including phenoxy) is 2. The normalized spacial score (nSPS) is 20.1. The third kappa shape index (κ3) is 4.83. The lowest BCUT2D eigenvalue weighted by Gasteiger charge is -2.42. The highest BCUT2D eigenvalue weighted by molar-refractivity contribution is 5.43. The summed E-state index contributed by atoms with van der Waals surface area (Å²) in [6.07, 6.45) is 2.45. The van der Waals surface area contributed by atoms with Gasteiger partial charge in [-0.3, -0.25) is 4.90 Å². The SMILES string of the molecule is CCOc1cc(CN2CCCC(CO)(Cc3ccccc3F)C2)ccc1OC. The summed E-state index contributed by atoms with van der Waals surface area (Å²) in [5.74, 6) is 1.29. The number of hydrogen-bond acceptors (Lipinski definition) is 4. The Balaban J connectivity index is 1.73. The van der Waals surface area contributed by atoms with Crippen molar-refractivity contribution in [2.24, 2.45) is 5.41 Å². The lowest BCUT2D eigenvalue weighted by atomic mass is 9.75. The number of benzene rings is 2. The lowest BCUT2D eigenvalue weighted by Crippen LogP contribution is -2.46. The van der Waals surface area contributed by atoms with Crippen molar-refractivity contribution in [3.63, 3.8) is 0 Å². The second-order valence-corrected chi connectivity index (χ2v) is 7.66. The Bertz CT molecular complexity index is 782. The van der Waals surface area contributed by atoms with E-state index in [1.807, 2.05) is 37.3 Å². The maximum Gasteiger partial charge on any atom is 0.161 e. The predicted octanol–water partition coefficient (Wildman–Crippen LogP) is 4.05. The van der Waals surface area contributed by atoms with Crippen molar-refractivity contribution in [1.29, 1.82) is 0 Å². The average Bonchev–Trinajstić information content (AvgIpc) is 2.71. The summed E-state index contributed by atoms with van der Waals surface area (Å²) < 4.78 is 25.2. The number of methoxy groups -OCH3 is 1. The van der Waals surface area contributed by atoms with Crippen molar-refractivity contribution in [3.05, 3.63) is 59.4 Å². The number of rotatable bonds is 8. The van der Waals surface area contributed by atoms with E-state index in [0.29, 0.717) is 18.6 Å². The molecule has 0 saturated carbocycles. The predicted molar refractivity (Wildman–Crippen MR) is 108 cm³/mol. The van der Waals surface area contributed by atoms with Gasteiger partial charge in [0.25, 0.3) is 0 Å². The van der Waals surface area contributed by atoms with Crippen LogP contribution < -0.4 is 9.47 Å². The van der Waals surface area contributed by atoms with Crippen molar-refractivity contribution in [1.82, 2.24) is 4.90 Å². The van der Waals surface area contributed by atoms with Crippen LogP contribution in [0.5, 0.6) is 11.5 Å². The summed E-state index contributed by atoms with van der Waals surface area (Å²) in [5, 5.41) is 10.2. The van der Waals surface area contributed by atoms with Crippen LogP contribution >= 0.6 is 0 Å². The first-order chi connectivity index (χ1) is 13.6. The van der Waals surface area contributed by atoms with Gasteiger partial charge in [-0.05, 0) is 62.1 Å². The summed E-state index contributed by atoms with van der Waals surface area (Å²) in [4.78, 5) is 2.35. The van der Waals surface area contributed by atoms with E-state index in [1.54, 1.807) is 13.2 Å². The minimum atomic E-state index is -0.310. The highest BCUT2D eigenvalue weighted by Crippen LogP contribution is 2.35. The van der Waals surface area contributed by atoms with Crippen molar-refractivity contribution in [3.8, 4) is 11.5 Å². The second kappa shape index (κ2) is 9.39. The van der Waals surface area contributed by atoms with Gasteiger partial charge in [0, 0.05) is 18.5 Å². The molecule has 1 fully saturated rings. The first-order valence-corrected chi connectivity index (χ1v) is 9.95. The van der Waals surface area contributed by atoms with Crippen LogP contribution in [0.3, 0.4) is 0 Å². The molecule has 1 aliphatic rings. The Morgan fingerprint density at radius 2 is 2.00 bits per heavy atom. The fraction of sp³-hybridized carbons (Fsp3) is 0.478. The fourth-order valence-corrected chi connectivity index (χ4v) is 4.17. The standard InChI is InChI=1S/C23H30FNO3/c1-3-28-22-13-18(9-10-21(22)27-2)15-25-12-6-11-23(16-25,17-26)14-19-7-4-5-8-20(19)24/h4-5,7-10,13,26H,3,6,11-12,14-17H2,1-2H3. The molecular formula is C23H30FNO3. The van der Waals surface area contributed by atoms with E-state index >= 15 is 0 Å². The highest BCUT2D eigenvalue weighted by atomic mass is 19.1. The second-order valence-electron chi connectivity index (χ2n) is 7.66. The molecule has 0 radical (unpaired) electrons. The molecule has 2 aromatic rings. The van der Waals surface area contributed by atoms with Gasteiger partial charge < -0.3 is 14.6 Å². The quantitative estimate of drug-likeness (QED) is 0.742. The Labute approximate surface area is 166 Å². The largest absolute Gasteiger partial charge is 0.493 e. The van der Waals surface area contributed by atoms with Crippen LogP contribution in [0, 0.1) is 11.2 Å². The smallest absolute Gasteiger partial charge is 0.161 e. The van der Waals surface area contributed by atoms with Crippen LogP contribution in [0.1, 0.15) is 30.9 Å². The van der Waals surface area contributed by atoms with Crippen LogP contribution in [0.4, 0.5) is 4.39 Å². The summed E-state index contributed by atoms with van der Waals surface area (Å²) in [7, 11) is 1.64. The number of aliphatic hydroxyl groups is 1. The number of nitrogens with zero attached hydrogens (tertiary/aromatic N) is 1. The van der Waals surface area contributed by atoms with E-state index in [1.165, 1.54) is 6.07 Å². The van der Waals surface area contributed by atoms with Crippen LogP contribution in [0.2, 0.25) is 0 Å². The molecule has 5 heteroatoms. The molecule has 1 atom stereocenters. The topological polar surface area (TPSA) is 41.9 Å². The molecule has 28 heavy (non-hydrogen) atoms. The summed E-state index contributed by atoms with van der Waals surface area (Å²) >= 11 is 0. The molecule has 0 bridgehead atoms. The Morgan fingerprint density at radius 3 is 2.71 bits per heavy atom. The zero-order valence-electron chi connectivity index (χ0n) is 16.8.